The summed E-state index contributed by atoms with van der Waals surface area (Å²) in [6, 6.07) is 3.65. The first-order valence-corrected chi connectivity index (χ1v) is 11.3. The third-order valence-corrected chi connectivity index (χ3v) is 6.99. The first kappa shape index (κ1) is 22.2. The summed E-state index contributed by atoms with van der Waals surface area (Å²) in [6.07, 6.45) is 4.48. The van der Waals surface area contributed by atoms with Crippen molar-refractivity contribution in [1.82, 2.24) is 4.98 Å². The maximum Gasteiger partial charge on any atom is 0.204 e. The molecule has 1 saturated carbocycles. The maximum absolute atomic E-state index is 13.0. The number of aromatic nitrogens is 1. The van der Waals surface area contributed by atoms with Crippen molar-refractivity contribution in [2.45, 2.75) is 50.7 Å². The lowest BCUT2D eigenvalue weighted by Crippen LogP contribution is -2.48. The van der Waals surface area contributed by atoms with Gasteiger partial charge in [-0.05, 0) is 45.2 Å². The second-order valence-corrected chi connectivity index (χ2v) is 9.44. The van der Waals surface area contributed by atoms with E-state index in [0.29, 0.717) is 27.9 Å². The zero-order valence-corrected chi connectivity index (χ0v) is 19.2. The molecule has 0 N–H and O–H groups in total. The van der Waals surface area contributed by atoms with Gasteiger partial charge in [-0.1, -0.05) is 0 Å². The molecule has 1 aromatic carbocycles. The smallest absolute Gasteiger partial charge is 0.204 e. The summed E-state index contributed by atoms with van der Waals surface area (Å²) in [5.41, 5.74) is 2.80. The highest BCUT2D eigenvalue weighted by molar-refractivity contribution is 7.11. The van der Waals surface area contributed by atoms with Gasteiger partial charge >= 0.3 is 0 Å². The SMILES string of the molecule is COCOc1cc(C(=O)c2cncs2)cc2c1[C@@H]1C[C@H](OCOC)CC[C@H]1C(C)(C)O2. The number of benzene rings is 1. The number of ketones is 1. The van der Waals surface area contributed by atoms with Crippen LogP contribution in [0.1, 0.15) is 59.8 Å². The van der Waals surface area contributed by atoms with E-state index in [2.05, 4.69) is 18.8 Å². The van der Waals surface area contributed by atoms with Crippen LogP contribution in [-0.2, 0) is 14.2 Å². The Kier molecular flexibility index (Phi) is 6.62. The Morgan fingerprint density at radius 3 is 2.74 bits per heavy atom. The van der Waals surface area contributed by atoms with Crippen molar-refractivity contribution < 1.29 is 28.5 Å². The Morgan fingerprint density at radius 1 is 1.23 bits per heavy atom. The number of rotatable bonds is 8. The van der Waals surface area contributed by atoms with Crippen molar-refractivity contribution in [3.05, 3.63) is 39.8 Å². The molecule has 2 aliphatic rings. The highest BCUT2D eigenvalue weighted by atomic mass is 32.1. The first-order valence-electron chi connectivity index (χ1n) is 10.5. The zero-order valence-electron chi connectivity index (χ0n) is 18.4. The lowest BCUT2D eigenvalue weighted by molar-refractivity contribution is -0.105. The third kappa shape index (κ3) is 4.48. The topological polar surface area (TPSA) is 76.1 Å². The van der Waals surface area contributed by atoms with E-state index in [1.807, 2.05) is 6.07 Å². The van der Waals surface area contributed by atoms with Crippen molar-refractivity contribution in [3.8, 4) is 11.5 Å². The Morgan fingerprint density at radius 2 is 2.03 bits per heavy atom. The molecule has 1 fully saturated rings. The van der Waals surface area contributed by atoms with Crippen LogP contribution in [-0.4, -0.2) is 50.3 Å². The molecule has 8 heteroatoms. The van der Waals surface area contributed by atoms with Crippen LogP contribution >= 0.6 is 11.3 Å². The zero-order chi connectivity index (χ0) is 22.0. The van der Waals surface area contributed by atoms with E-state index in [4.69, 9.17) is 23.7 Å². The summed E-state index contributed by atoms with van der Waals surface area (Å²) < 4.78 is 28.6. The van der Waals surface area contributed by atoms with Crippen molar-refractivity contribution >= 4 is 17.1 Å². The number of fused-ring (bicyclic) bond motifs is 3. The molecule has 7 nitrogen and oxygen atoms in total. The van der Waals surface area contributed by atoms with Crippen LogP contribution in [0.5, 0.6) is 11.5 Å². The molecular formula is C23H29NO6S. The quantitative estimate of drug-likeness (QED) is 0.438. The lowest BCUT2D eigenvalue weighted by Gasteiger charge is -2.49. The molecule has 1 aliphatic carbocycles. The van der Waals surface area contributed by atoms with Crippen molar-refractivity contribution in [2.24, 2.45) is 5.92 Å². The molecule has 0 unspecified atom stereocenters. The van der Waals surface area contributed by atoms with Gasteiger partial charge in [0.1, 0.15) is 23.9 Å². The third-order valence-electron chi connectivity index (χ3n) is 6.22. The number of carbonyl (C=O) groups excluding carboxylic acids is 1. The summed E-state index contributed by atoms with van der Waals surface area (Å²) >= 11 is 1.32. The van der Waals surface area contributed by atoms with Crippen molar-refractivity contribution in [1.29, 1.82) is 0 Å². The Labute approximate surface area is 186 Å². The molecule has 168 valence electrons. The number of thiazole rings is 1. The number of methoxy groups -OCH3 is 2. The predicted molar refractivity (Wildman–Crippen MR) is 116 cm³/mol. The van der Waals surface area contributed by atoms with Gasteiger partial charge in [0.05, 0.1) is 16.5 Å². The molecule has 0 amide bonds. The highest BCUT2D eigenvalue weighted by Gasteiger charge is 2.48. The number of nitrogens with zero attached hydrogens (tertiary/aromatic N) is 1. The number of hydrogen-bond acceptors (Lipinski definition) is 8. The minimum atomic E-state index is -0.366. The molecule has 2 heterocycles. The van der Waals surface area contributed by atoms with E-state index in [0.717, 1.165) is 24.8 Å². The van der Waals surface area contributed by atoms with Crippen molar-refractivity contribution in [3.63, 3.8) is 0 Å². The normalized spacial score (nSPS) is 24.1. The molecule has 4 rings (SSSR count). The lowest BCUT2D eigenvalue weighted by atomic mass is 9.65. The Balaban J connectivity index is 1.76. The molecule has 1 aliphatic heterocycles. The Bertz CT molecular complexity index is 913. The highest BCUT2D eigenvalue weighted by Crippen LogP contribution is 2.55. The van der Waals surface area contributed by atoms with Gasteiger partial charge < -0.3 is 23.7 Å². The van der Waals surface area contributed by atoms with Crippen LogP contribution in [0.2, 0.25) is 0 Å². The van der Waals surface area contributed by atoms with Gasteiger partial charge in [0.15, 0.2) is 6.79 Å². The molecule has 2 aromatic rings. The summed E-state index contributed by atoms with van der Waals surface area (Å²) in [6.45, 7) is 4.62. The molecule has 0 spiro atoms. The van der Waals surface area contributed by atoms with Crippen molar-refractivity contribution in [2.75, 3.05) is 27.8 Å². The number of carbonyl (C=O) groups is 1. The van der Waals surface area contributed by atoms with E-state index in [-0.39, 0.29) is 37.0 Å². The number of hydrogen-bond donors (Lipinski definition) is 0. The van der Waals surface area contributed by atoms with E-state index in [1.54, 1.807) is 32.0 Å². The predicted octanol–water partition coefficient (Wildman–Crippen LogP) is 4.40. The molecular weight excluding hydrogens is 418 g/mol. The maximum atomic E-state index is 13.0. The fraction of sp³-hybridized carbons (Fsp3) is 0.565. The van der Waals surface area contributed by atoms with Crippen LogP contribution in [0.4, 0.5) is 0 Å². The van der Waals surface area contributed by atoms with Crippen LogP contribution in [0, 0.1) is 5.92 Å². The molecule has 0 bridgehead atoms. The van der Waals surface area contributed by atoms with Crippen LogP contribution in [0.15, 0.2) is 23.8 Å². The van der Waals surface area contributed by atoms with Crippen LogP contribution in [0.3, 0.4) is 0 Å². The monoisotopic (exact) mass is 447 g/mol. The molecule has 0 saturated heterocycles. The van der Waals surface area contributed by atoms with Gasteiger partial charge in [-0.3, -0.25) is 9.78 Å². The largest absolute Gasteiger partial charge is 0.487 e. The summed E-state index contributed by atoms with van der Waals surface area (Å²) in [5.74, 6) is 1.73. The minimum absolute atomic E-state index is 0.0923. The molecule has 1 aromatic heterocycles. The van der Waals surface area contributed by atoms with E-state index in [1.165, 1.54) is 11.3 Å². The average Bonchev–Trinajstić information content (AvgIpc) is 3.29. The fourth-order valence-electron chi connectivity index (χ4n) is 4.85. The van der Waals surface area contributed by atoms with Crippen LogP contribution < -0.4 is 9.47 Å². The molecule has 31 heavy (non-hydrogen) atoms. The summed E-state index contributed by atoms with van der Waals surface area (Å²) in [4.78, 5) is 17.6. The second-order valence-electron chi connectivity index (χ2n) is 8.56. The van der Waals surface area contributed by atoms with Gasteiger partial charge in [0.2, 0.25) is 5.78 Å². The van der Waals surface area contributed by atoms with Gasteiger partial charge in [-0.2, -0.15) is 0 Å². The van der Waals surface area contributed by atoms with Gasteiger partial charge in [-0.15, -0.1) is 11.3 Å². The second kappa shape index (κ2) is 9.24. The minimum Gasteiger partial charge on any atom is -0.487 e. The van der Waals surface area contributed by atoms with E-state index in [9.17, 15) is 4.79 Å². The van der Waals surface area contributed by atoms with E-state index >= 15 is 0 Å². The Hall–Kier alpha value is -2.00. The van der Waals surface area contributed by atoms with Gasteiger partial charge in [0, 0.05) is 43.4 Å². The first-order chi connectivity index (χ1) is 14.9. The van der Waals surface area contributed by atoms with E-state index < -0.39 is 0 Å². The number of ether oxygens (including phenoxy) is 5. The van der Waals surface area contributed by atoms with Gasteiger partial charge in [0.25, 0.3) is 0 Å². The standard InChI is InChI=1S/C23H29NO6S/c1-23(2)17-6-5-15(28-12-26-3)9-16(17)21-18(29-13-27-4)7-14(8-19(21)30-23)22(25)20-10-24-11-31-20/h7-8,10-11,15-17H,5-6,9,12-13H2,1-4H3/t15-,16-,17-/m1/s1. The molecule has 3 atom stereocenters. The van der Waals surface area contributed by atoms with Gasteiger partial charge in [-0.25, -0.2) is 0 Å². The van der Waals surface area contributed by atoms with Crippen LogP contribution in [0.25, 0.3) is 0 Å². The average molecular weight is 448 g/mol. The molecule has 0 radical (unpaired) electrons. The summed E-state index contributed by atoms with van der Waals surface area (Å²) in [5, 5.41) is 0. The summed E-state index contributed by atoms with van der Waals surface area (Å²) in [7, 11) is 3.22. The fourth-order valence-corrected chi connectivity index (χ4v) is 5.43.